The second kappa shape index (κ2) is 6.24. The molecule has 6 heteroatoms. The van der Waals surface area contributed by atoms with Gasteiger partial charge in [0.2, 0.25) is 5.91 Å². The quantitative estimate of drug-likeness (QED) is 0.866. The molecule has 0 bridgehead atoms. The van der Waals surface area contributed by atoms with E-state index in [9.17, 15) is 4.79 Å². The van der Waals surface area contributed by atoms with Crippen LogP contribution in [0.5, 0.6) is 0 Å². The predicted molar refractivity (Wildman–Crippen MR) is 88.1 cm³/mol. The lowest BCUT2D eigenvalue weighted by Gasteiger charge is -2.36. The summed E-state index contributed by atoms with van der Waals surface area (Å²) in [6.07, 6.45) is 6.76. The van der Waals surface area contributed by atoms with Gasteiger partial charge >= 0.3 is 0 Å². The molecule has 0 unspecified atom stereocenters. The number of carbonyl (C=O) groups excluding carboxylic acids is 1. The molecule has 1 aromatic rings. The first-order valence-corrected chi connectivity index (χ1v) is 8.91. The van der Waals surface area contributed by atoms with E-state index in [1.807, 2.05) is 24.1 Å². The molecule has 1 N–H and O–H groups in total. The van der Waals surface area contributed by atoms with E-state index >= 15 is 0 Å². The van der Waals surface area contributed by atoms with Gasteiger partial charge in [-0.25, -0.2) is 0 Å². The summed E-state index contributed by atoms with van der Waals surface area (Å²) in [6.45, 7) is 6.78. The number of aryl methyl sites for hydroxylation is 1. The van der Waals surface area contributed by atoms with Crippen LogP contribution >= 0.6 is 0 Å². The second-order valence-electron chi connectivity index (χ2n) is 7.39. The van der Waals surface area contributed by atoms with E-state index in [1.165, 1.54) is 24.9 Å². The normalized spacial score (nSPS) is 29.2. The van der Waals surface area contributed by atoms with Crippen molar-refractivity contribution in [3.8, 4) is 0 Å². The van der Waals surface area contributed by atoms with Crippen LogP contribution < -0.4 is 5.32 Å². The molecule has 0 spiro atoms. The lowest BCUT2D eigenvalue weighted by atomic mass is 9.89. The zero-order valence-electron chi connectivity index (χ0n) is 13.9. The predicted octanol–water partition coefficient (Wildman–Crippen LogP) is 0.277. The monoisotopic (exact) mass is 317 g/mol. The minimum atomic E-state index is 0.0641. The standard InChI is InChI=1S/C17H27N5O/c1-20-12-14(8-19-20)15-9-18-10-16(15)17(23)22-6-4-21(5-7-22)11-13-2-3-13/h8,12-13,15-16,18H,2-7,9-11H2,1H3/t15-,16+/m1/s1. The summed E-state index contributed by atoms with van der Waals surface area (Å²) in [4.78, 5) is 17.6. The molecule has 0 aromatic carbocycles. The van der Waals surface area contributed by atoms with Gasteiger partial charge in [-0.1, -0.05) is 0 Å². The highest BCUT2D eigenvalue weighted by Gasteiger charge is 2.38. The molecule has 1 aliphatic carbocycles. The number of carbonyl (C=O) groups is 1. The third kappa shape index (κ3) is 3.28. The maximum atomic E-state index is 13.0. The molecule has 2 saturated heterocycles. The number of piperazine rings is 1. The molecular weight excluding hydrogens is 290 g/mol. The van der Waals surface area contributed by atoms with E-state index in [2.05, 4.69) is 20.2 Å². The molecule has 3 aliphatic rings. The second-order valence-corrected chi connectivity index (χ2v) is 7.39. The minimum absolute atomic E-state index is 0.0641. The maximum absolute atomic E-state index is 13.0. The fourth-order valence-corrected chi connectivity index (χ4v) is 3.97. The highest BCUT2D eigenvalue weighted by atomic mass is 16.2. The summed E-state index contributed by atoms with van der Waals surface area (Å²) < 4.78 is 1.83. The third-order valence-electron chi connectivity index (χ3n) is 5.58. The van der Waals surface area contributed by atoms with E-state index in [-0.39, 0.29) is 11.8 Å². The summed E-state index contributed by atoms with van der Waals surface area (Å²) in [6, 6.07) is 0. The number of nitrogens with one attached hydrogen (secondary N) is 1. The van der Waals surface area contributed by atoms with Crippen molar-refractivity contribution >= 4 is 5.91 Å². The minimum Gasteiger partial charge on any atom is -0.340 e. The van der Waals surface area contributed by atoms with Gasteiger partial charge in [0.15, 0.2) is 0 Å². The van der Waals surface area contributed by atoms with Crippen molar-refractivity contribution in [2.24, 2.45) is 18.9 Å². The van der Waals surface area contributed by atoms with Crippen molar-refractivity contribution in [2.75, 3.05) is 45.8 Å². The lowest BCUT2D eigenvalue weighted by molar-refractivity contribution is -0.137. The molecule has 3 fully saturated rings. The zero-order valence-corrected chi connectivity index (χ0v) is 13.9. The molecule has 6 nitrogen and oxygen atoms in total. The van der Waals surface area contributed by atoms with Crippen molar-refractivity contribution in [3.63, 3.8) is 0 Å². The van der Waals surface area contributed by atoms with Crippen LogP contribution in [0.25, 0.3) is 0 Å². The third-order valence-corrected chi connectivity index (χ3v) is 5.58. The smallest absolute Gasteiger partial charge is 0.227 e. The van der Waals surface area contributed by atoms with Crippen LogP contribution in [0.1, 0.15) is 24.3 Å². The highest BCUT2D eigenvalue weighted by Crippen LogP contribution is 2.31. The lowest BCUT2D eigenvalue weighted by Crippen LogP contribution is -2.51. The Balaban J connectivity index is 1.36. The Morgan fingerprint density at radius 2 is 2.04 bits per heavy atom. The van der Waals surface area contributed by atoms with Gasteiger partial charge in [0, 0.05) is 65.0 Å². The van der Waals surface area contributed by atoms with Crippen molar-refractivity contribution in [1.82, 2.24) is 24.9 Å². The summed E-state index contributed by atoms with van der Waals surface area (Å²) >= 11 is 0. The van der Waals surface area contributed by atoms with Gasteiger partial charge in [-0.2, -0.15) is 5.10 Å². The fourth-order valence-electron chi connectivity index (χ4n) is 3.97. The van der Waals surface area contributed by atoms with Crippen molar-refractivity contribution in [3.05, 3.63) is 18.0 Å². The number of amides is 1. The molecule has 23 heavy (non-hydrogen) atoms. The Bertz CT molecular complexity index is 559. The first kappa shape index (κ1) is 15.1. The van der Waals surface area contributed by atoms with Crippen LogP contribution in [0, 0.1) is 11.8 Å². The molecule has 126 valence electrons. The molecule has 4 rings (SSSR count). The molecule has 1 saturated carbocycles. The molecule has 3 heterocycles. The average Bonchev–Trinajstić information content (AvgIpc) is 3.07. The average molecular weight is 317 g/mol. The number of hydrogen-bond donors (Lipinski definition) is 1. The zero-order chi connectivity index (χ0) is 15.8. The molecule has 1 aromatic heterocycles. The molecule has 1 amide bonds. The summed E-state index contributed by atoms with van der Waals surface area (Å²) in [7, 11) is 1.93. The maximum Gasteiger partial charge on any atom is 0.227 e. The van der Waals surface area contributed by atoms with E-state index in [0.29, 0.717) is 5.91 Å². The summed E-state index contributed by atoms with van der Waals surface area (Å²) in [5.41, 5.74) is 1.18. The molecule has 0 radical (unpaired) electrons. The van der Waals surface area contributed by atoms with Crippen LogP contribution in [-0.2, 0) is 11.8 Å². The number of hydrogen-bond acceptors (Lipinski definition) is 4. The van der Waals surface area contributed by atoms with Crippen molar-refractivity contribution in [2.45, 2.75) is 18.8 Å². The Morgan fingerprint density at radius 3 is 2.70 bits per heavy atom. The van der Waals surface area contributed by atoms with E-state index in [0.717, 1.165) is 45.2 Å². The first-order valence-electron chi connectivity index (χ1n) is 8.91. The van der Waals surface area contributed by atoms with Crippen LogP contribution in [0.3, 0.4) is 0 Å². The van der Waals surface area contributed by atoms with Gasteiger partial charge in [0.05, 0.1) is 12.1 Å². The first-order chi connectivity index (χ1) is 11.2. The van der Waals surface area contributed by atoms with Gasteiger partial charge < -0.3 is 10.2 Å². The highest BCUT2D eigenvalue weighted by molar-refractivity contribution is 5.80. The van der Waals surface area contributed by atoms with E-state index < -0.39 is 0 Å². The van der Waals surface area contributed by atoms with Gasteiger partial charge in [-0.3, -0.25) is 14.4 Å². The Morgan fingerprint density at radius 1 is 1.26 bits per heavy atom. The van der Waals surface area contributed by atoms with Crippen LogP contribution in [0.4, 0.5) is 0 Å². The largest absolute Gasteiger partial charge is 0.340 e. The van der Waals surface area contributed by atoms with Crippen molar-refractivity contribution < 1.29 is 4.79 Å². The summed E-state index contributed by atoms with van der Waals surface area (Å²) in [5.74, 6) is 1.59. The Hall–Kier alpha value is -1.40. The van der Waals surface area contributed by atoms with Crippen molar-refractivity contribution in [1.29, 1.82) is 0 Å². The topological polar surface area (TPSA) is 53.4 Å². The van der Waals surface area contributed by atoms with Crippen LogP contribution in [-0.4, -0.2) is 71.3 Å². The molecular formula is C17H27N5O. The number of rotatable bonds is 4. The van der Waals surface area contributed by atoms with E-state index in [4.69, 9.17) is 0 Å². The van der Waals surface area contributed by atoms with Crippen LogP contribution in [0.15, 0.2) is 12.4 Å². The van der Waals surface area contributed by atoms with Crippen LogP contribution in [0.2, 0.25) is 0 Å². The van der Waals surface area contributed by atoms with Gasteiger partial charge in [0.25, 0.3) is 0 Å². The number of aromatic nitrogens is 2. The summed E-state index contributed by atoms with van der Waals surface area (Å²) in [5, 5.41) is 7.67. The van der Waals surface area contributed by atoms with Gasteiger partial charge in [-0.15, -0.1) is 0 Å². The van der Waals surface area contributed by atoms with Gasteiger partial charge in [-0.05, 0) is 24.3 Å². The van der Waals surface area contributed by atoms with Gasteiger partial charge in [0.1, 0.15) is 0 Å². The number of nitrogens with zero attached hydrogens (tertiary/aromatic N) is 4. The SMILES string of the molecule is Cn1cc([C@H]2CNC[C@@H]2C(=O)N2CCN(CC3CC3)CC2)cn1. The molecule has 2 aliphatic heterocycles. The Labute approximate surface area is 137 Å². The Kier molecular flexibility index (Phi) is 4.11. The fraction of sp³-hybridized carbons (Fsp3) is 0.765. The van der Waals surface area contributed by atoms with E-state index in [1.54, 1.807) is 0 Å². The molecule has 2 atom stereocenters.